The van der Waals surface area contributed by atoms with Crippen LogP contribution in [0.3, 0.4) is 0 Å². The molecule has 0 saturated carbocycles. The number of halogens is 1. The Hall–Kier alpha value is -3.54. The lowest BCUT2D eigenvalue weighted by atomic mass is 10.0. The Balaban J connectivity index is 1.64. The summed E-state index contributed by atoms with van der Waals surface area (Å²) in [6.45, 7) is 4.18. The summed E-state index contributed by atoms with van der Waals surface area (Å²) in [5.74, 6) is -1.07. The van der Waals surface area contributed by atoms with E-state index in [1.54, 1.807) is 12.1 Å². The highest BCUT2D eigenvalue weighted by molar-refractivity contribution is 6.34. The van der Waals surface area contributed by atoms with Crippen LogP contribution in [0.4, 0.5) is 4.39 Å². The number of imide groups is 1. The van der Waals surface area contributed by atoms with Gasteiger partial charge >= 0.3 is 0 Å². The molecule has 5 nitrogen and oxygen atoms in total. The first kappa shape index (κ1) is 17.9. The molecule has 0 bridgehead atoms. The maximum atomic E-state index is 13.2. The van der Waals surface area contributed by atoms with Gasteiger partial charge in [0.1, 0.15) is 5.82 Å². The standard InChI is InChI=1S/C22H18FN3O2/c1-13-3-4-16(14(2)9-13)12-26-20(27)10-18(22(26)28)19-11-24-25-21(19)15-5-7-17(23)8-6-15/h3-11H,12H2,1-2H3,(H,24,25). The van der Waals surface area contributed by atoms with Crippen molar-refractivity contribution in [3.8, 4) is 11.3 Å². The first-order valence-corrected chi connectivity index (χ1v) is 8.87. The summed E-state index contributed by atoms with van der Waals surface area (Å²) in [6.07, 6.45) is 2.85. The minimum absolute atomic E-state index is 0.216. The van der Waals surface area contributed by atoms with Gasteiger partial charge in [-0.1, -0.05) is 23.8 Å². The van der Waals surface area contributed by atoms with Gasteiger partial charge in [0, 0.05) is 17.2 Å². The molecule has 1 aromatic heterocycles. The highest BCUT2D eigenvalue weighted by atomic mass is 19.1. The molecule has 140 valence electrons. The maximum Gasteiger partial charge on any atom is 0.261 e. The molecule has 1 aliphatic rings. The highest BCUT2D eigenvalue weighted by Gasteiger charge is 2.33. The van der Waals surface area contributed by atoms with Crippen LogP contribution in [0.5, 0.6) is 0 Å². The fraction of sp³-hybridized carbons (Fsp3) is 0.136. The molecule has 1 aliphatic heterocycles. The van der Waals surface area contributed by atoms with Gasteiger partial charge in [-0.15, -0.1) is 0 Å². The van der Waals surface area contributed by atoms with E-state index in [9.17, 15) is 14.0 Å². The van der Waals surface area contributed by atoms with Crippen LogP contribution in [0.15, 0.2) is 54.7 Å². The minimum Gasteiger partial charge on any atom is -0.277 e. The number of aromatic amines is 1. The van der Waals surface area contributed by atoms with E-state index in [1.165, 1.54) is 29.3 Å². The topological polar surface area (TPSA) is 66.1 Å². The smallest absolute Gasteiger partial charge is 0.261 e. The van der Waals surface area contributed by atoms with Crippen LogP contribution in [-0.4, -0.2) is 26.9 Å². The number of amides is 2. The number of aryl methyl sites for hydroxylation is 2. The molecule has 2 amide bonds. The molecule has 0 fully saturated rings. The van der Waals surface area contributed by atoms with Crippen molar-refractivity contribution in [2.75, 3.05) is 0 Å². The average Bonchev–Trinajstić information content (AvgIpc) is 3.24. The second kappa shape index (κ2) is 6.88. The van der Waals surface area contributed by atoms with Crippen LogP contribution in [0.1, 0.15) is 22.3 Å². The molecule has 0 saturated heterocycles. The molecule has 0 radical (unpaired) electrons. The number of H-pyrrole nitrogens is 1. The number of carbonyl (C=O) groups excluding carboxylic acids is 2. The van der Waals surface area contributed by atoms with Crippen molar-refractivity contribution in [3.63, 3.8) is 0 Å². The second-order valence-corrected chi connectivity index (χ2v) is 6.88. The van der Waals surface area contributed by atoms with Crippen molar-refractivity contribution in [2.45, 2.75) is 20.4 Å². The molecule has 2 aromatic carbocycles. The Morgan fingerprint density at radius 2 is 1.82 bits per heavy atom. The number of benzene rings is 2. The number of hydrogen-bond donors (Lipinski definition) is 1. The van der Waals surface area contributed by atoms with Gasteiger partial charge in [0.05, 0.1) is 24.0 Å². The van der Waals surface area contributed by atoms with E-state index in [0.29, 0.717) is 16.8 Å². The summed E-state index contributed by atoms with van der Waals surface area (Å²) in [5, 5.41) is 6.85. The fourth-order valence-corrected chi connectivity index (χ4v) is 3.37. The lowest BCUT2D eigenvalue weighted by molar-refractivity contribution is -0.137. The van der Waals surface area contributed by atoms with Gasteiger partial charge in [-0.25, -0.2) is 4.39 Å². The summed E-state index contributed by atoms with van der Waals surface area (Å²) < 4.78 is 13.2. The Morgan fingerprint density at radius 1 is 1.07 bits per heavy atom. The molecule has 0 spiro atoms. The monoisotopic (exact) mass is 375 g/mol. The summed E-state index contributed by atoms with van der Waals surface area (Å²) >= 11 is 0. The van der Waals surface area contributed by atoms with E-state index in [4.69, 9.17) is 0 Å². The van der Waals surface area contributed by atoms with Crippen molar-refractivity contribution in [3.05, 3.63) is 82.8 Å². The Morgan fingerprint density at radius 3 is 2.54 bits per heavy atom. The summed E-state index contributed by atoms with van der Waals surface area (Å²) in [5.41, 5.74) is 5.14. The molecular weight excluding hydrogens is 357 g/mol. The maximum absolute atomic E-state index is 13.2. The quantitative estimate of drug-likeness (QED) is 0.706. The second-order valence-electron chi connectivity index (χ2n) is 6.88. The van der Waals surface area contributed by atoms with Crippen molar-refractivity contribution in [1.82, 2.24) is 15.1 Å². The number of rotatable bonds is 4. The molecule has 4 rings (SSSR count). The molecule has 0 unspecified atom stereocenters. The lowest BCUT2D eigenvalue weighted by Crippen LogP contribution is -2.30. The summed E-state index contributed by atoms with van der Waals surface area (Å²) in [4.78, 5) is 26.7. The van der Waals surface area contributed by atoms with E-state index in [2.05, 4.69) is 10.2 Å². The lowest BCUT2D eigenvalue weighted by Gasteiger charge is -2.17. The molecular formula is C22H18FN3O2. The number of aromatic nitrogens is 2. The molecule has 0 aliphatic carbocycles. The van der Waals surface area contributed by atoms with E-state index in [0.717, 1.165) is 16.7 Å². The number of hydrogen-bond acceptors (Lipinski definition) is 3. The number of carbonyl (C=O) groups is 2. The molecule has 0 atom stereocenters. The normalized spacial score (nSPS) is 14.0. The van der Waals surface area contributed by atoms with Gasteiger partial charge in [-0.2, -0.15) is 5.10 Å². The van der Waals surface area contributed by atoms with Gasteiger partial charge < -0.3 is 0 Å². The fourth-order valence-electron chi connectivity index (χ4n) is 3.37. The minimum atomic E-state index is -0.366. The largest absolute Gasteiger partial charge is 0.277 e. The third kappa shape index (κ3) is 3.13. The Bertz CT molecular complexity index is 1110. The van der Waals surface area contributed by atoms with Crippen molar-refractivity contribution < 1.29 is 14.0 Å². The summed E-state index contributed by atoms with van der Waals surface area (Å²) in [6, 6.07) is 11.8. The van der Waals surface area contributed by atoms with Crippen LogP contribution >= 0.6 is 0 Å². The van der Waals surface area contributed by atoms with E-state index >= 15 is 0 Å². The average molecular weight is 375 g/mol. The predicted octanol–water partition coefficient (Wildman–Crippen LogP) is 3.79. The van der Waals surface area contributed by atoms with Gasteiger partial charge in [-0.3, -0.25) is 19.6 Å². The van der Waals surface area contributed by atoms with Gasteiger partial charge in [0.25, 0.3) is 11.8 Å². The summed E-state index contributed by atoms with van der Waals surface area (Å²) in [7, 11) is 0. The van der Waals surface area contributed by atoms with Gasteiger partial charge in [0.15, 0.2) is 0 Å². The Kier molecular flexibility index (Phi) is 4.39. The molecule has 3 aromatic rings. The van der Waals surface area contributed by atoms with E-state index < -0.39 is 0 Å². The van der Waals surface area contributed by atoms with Crippen LogP contribution in [0.2, 0.25) is 0 Å². The van der Waals surface area contributed by atoms with Gasteiger partial charge in [-0.05, 0) is 49.2 Å². The first-order chi connectivity index (χ1) is 13.4. The van der Waals surface area contributed by atoms with Crippen LogP contribution < -0.4 is 0 Å². The van der Waals surface area contributed by atoms with Gasteiger partial charge in [0.2, 0.25) is 0 Å². The van der Waals surface area contributed by atoms with Crippen LogP contribution in [0.25, 0.3) is 16.8 Å². The third-order valence-electron chi connectivity index (χ3n) is 4.90. The Labute approximate surface area is 161 Å². The van der Waals surface area contributed by atoms with Crippen molar-refractivity contribution in [2.24, 2.45) is 0 Å². The van der Waals surface area contributed by atoms with Crippen LogP contribution in [0, 0.1) is 19.7 Å². The van der Waals surface area contributed by atoms with E-state index in [-0.39, 0.29) is 29.7 Å². The van der Waals surface area contributed by atoms with Crippen molar-refractivity contribution in [1.29, 1.82) is 0 Å². The molecule has 6 heteroatoms. The zero-order valence-corrected chi connectivity index (χ0v) is 15.5. The predicted molar refractivity (Wildman–Crippen MR) is 103 cm³/mol. The molecule has 2 heterocycles. The first-order valence-electron chi connectivity index (χ1n) is 8.87. The number of nitrogens with zero attached hydrogens (tertiary/aromatic N) is 2. The zero-order valence-electron chi connectivity index (χ0n) is 15.5. The van der Waals surface area contributed by atoms with Crippen molar-refractivity contribution >= 4 is 17.4 Å². The number of nitrogens with one attached hydrogen (secondary N) is 1. The molecule has 1 N–H and O–H groups in total. The third-order valence-corrected chi connectivity index (χ3v) is 4.90. The van der Waals surface area contributed by atoms with E-state index in [1.807, 2.05) is 32.0 Å². The van der Waals surface area contributed by atoms with Crippen LogP contribution in [-0.2, 0) is 16.1 Å². The highest BCUT2D eigenvalue weighted by Crippen LogP contribution is 2.32. The SMILES string of the molecule is Cc1ccc(CN2C(=O)C=C(c3cn[nH]c3-c3ccc(F)cc3)C2=O)c(C)c1. The molecule has 28 heavy (non-hydrogen) atoms. The zero-order chi connectivity index (χ0) is 19.8.